The molecule has 3 rings (SSSR count). The molecule has 150 valence electrons. The van der Waals surface area contributed by atoms with E-state index in [2.05, 4.69) is 21.2 Å². The predicted molar refractivity (Wildman–Crippen MR) is 112 cm³/mol. The third-order valence-corrected chi connectivity index (χ3v) is 6.43. The molecule has 28 heavy (non-hydrogen) atoms. The van der Waals surface area contributed by atoms with Crippen LogP contribution < -0.4 is 19.1 Å². The summed E-state index contributed by atoms with van der Waals surface area (Å²) in [7, 11) is -3.73. The van der Waals surface area contributed by atoms with Crippen molar-refractivity contribution in [3.8, 4) is 11.5 Å². The molecule has 0 saturated carbocycles. The van der Waals surface area contributed by atoms with E-state index in [-0.39, 0.29) is 0 Å². The second-order valence-electron chi connectivity index (χ2n) is 6.52. The molecule has 2 aromatic carbocycles. The molecule has 0 spiro atoms. The summed E-state index contributed by atoms with van der Waals surface area (Å²) < 4.78 is 37.9. The van der Waals surface area contributed by atoms with Gasteiger partial charge in [-0.25, -0.2) is 8.42 Å². The smallest absolute Gasteiger partial charge is 0.247 e. The largest absolute Gasteiger partial charge is 0.486 e. The van der Waals surface area contributed by atoms with Gasteiger partial charge in [-0.15, -0.1) is 0 Å². The molecular weight excluding hydrogens is 448 g/mol. The predicted octanol–water partition coefficient (Wildman–Crippen LogP) is 3.32. The molecule has 0 bridgehead atoms. The number of hydrogen-bond donors (Lipinski definition) is 1. The van der Waals surface area contributed by atoms with Gasteiger partial charge in [-0.05, 0) is 49.7 Å². The highest BCUT2D eigenvalue weighted by Crippen LogP contribution is 2.35. The Morgan fingerprint density at radius 1 is 1.14 bits per heavy atom. The van der Waals surface area contributed by atoms with Gasteiger partial charge in [0.05, 0.1) is 11.9 Å². The number of sulfonamides is 1. The molecule has 0 aromatic heterocycles. The van der Waals surface area contributed by atoms with Crippen molar-refractivity contribution in [2.45, 2.75) is 19.9 Å². The Morgan fingerprint density at radius 2 is 1.82 bits per heavy atom. The van der Waals surface area contributed by atoms with Crippen LogP contribution in [0.4, 0.5) is 11.4 Å². The van der Waals surface area contributed by atoms with E-state index in [4.69, 9.17) is 9.47 Å². The van der Waals surface area contributed by atoms with Crippen LogP contribution in [0, 0.1) is 6.92 Å². The van der Waals surface area contributed by atoms with E-state index < -0.39 is 22.0 Å². The number of fused-ring (bicyclic) bond motifs is 1. The average Bonchev–Trinajstić information content (AvgIpc) is 2.63. The van der Waals surface area contributed by atoms with Crippen molar-refractivity contribution in [3.05, 3.63) is 46.4 Å². The molecule has 1 N–H and O–H groups in total. The third-order valence-electron chi connectivity index (χ3n) is 4.29. The molecule has 1 heterocycles. The standard InChI is InChI=1S/C19H21BrN2O5S/c1-12-10-14(4-6-16(12)20)21-19(23)13(2)22(28(3,24)25)15-5-7-17-18(11-15)27-9-8-26-17/h4-7,10-11,13H,8-9H2,1-3H3,(H,21,23)/t13-/m0/s1. The molecule has 7 nitrogen and oxygen atoms in total. The summed E-state index contributed by atoms with van der Waals surface area (Å²) in [5.41, 5.74) is 1.88. The van der Waals surface area contributed by atoms with Gasteiger partial charge < -0.3 is 14.8 Å². The molecule has 1 amide bonds. The van der Waals surface area contributed by atoms with Crippen LogP contribution in [-0.4, -0.2) is 39.8 Å². The average molecular weight is 469 g/mol. The number of carbonyl (C=O) groups is 1. The van der Waals surface area contributed by atoms with Gasteiger partial charge in [0.15, 0.2) is 11.5 Å². The Bertz CT molecular complexity index is 1010. The van der Waals surface area contributed by atoms with E-state index in [0.29, 0.717) is 36.1 Å². The maximum atomic E-state index is 12.8. The summed E-state index contributed by atoms with van der Waals surface area (Å²) in [6, 6.07) is 9.22. The highest BCUT2D eigenvalue weighted by molar-refractivity contribution is 9.10. The van der Waals surface area contributed by atoms with Crippen LogP contribution >= 0.6 is 15.9 Å². The lowest BCUT2D eigenvalue weighted by molar-refractivity contribution is -0.116. The number of benzene rings is 2. The zero-order valence-corrected chi connectivity index (χ0v) is 18.1. The van der Waals surface area contributed by atoms with E-state index in [1.165, 1.54) is 0 Å². The van der Waals surface area contributed by atoms with Gasteiger partial charge in [-0.3, -0.25) is 9.10 Å². The minimum Gasteiger partial charge on any atom is -0.486 e. The monoisotopic (exact) mass is 468 g/mol. The highest BCUT2D eigenvalue weighted by atomic mass is 79.9. The van der Waals surface area contributed by atoms with Crippen LogP contribution in [0.2, 0.25) is 0 Å². The number of aryl methyl sites for hydroxylation is 1. The van der Waals surface area contributed by atoms with Crippen molar-refractivity contribution in [3.63, 3.8) is 0 Å². The molecule has 0 aliphatic carbocycles. The highest BCUT2D eigenvalue weighted by Gasteiger charge is 2.30. The lowest BCUT2D eigenvalue weighted by Gasteiger charge is -2.29. The topological polar surface area (TPSA) is 84.9 Å². The number of carbonyl (C=O) groups excluding carboxylic acids is 1. The van der Waals surface area contributed by atoms with Gasteiger partial charge in [0.25, 0.3) is 0 Å². The quantitative estimate of drug-likeness (QED) is 0.727. The van der Waals surface area contributed by atoms with Gasteiger partial charge in [-0.2, -0.15) is 0 Å². The normalized spacial score (nSPS) is 14.3. The summed E-state index contributed by atoms with van der Waals surface area (Å²) in [5, 5.41) is 2.77. The summed E-state index contributed by atoms with van der Waals surface area (Å²) in [5.74, 6) is 0.557. The number of nitrogens with one attached hydrogen (secondary N) is 1. The number of hydrogen-bond acceptors (Lipinski definition) is 5. The number of halogens is 1. The van der Waals surface area contributed by atoms with E-state index in [1.54, 1.807) is 31.2 Å². The Morgan fingerprint density at radius 3 is 2.46 bits per heavy atom. The molecule has 1 atom stereocenters. The number of amides is 1. The molecule has 1 aliphatic heterocycles. The Balaban J connectivity index is 1.89. The molecule has 9 heteroatoms. The van der Waals surface area contributed by atoms with Crippen molar-refractivity contribution in [1.82, 2.24) is 0 Å². The Hall–Kier alpha value is -2.26. The summed E-state index contributed by atoms with van der Waals surface area (Å²) >= 11 is 3.41. The van der Waals surface area contributed by atoms with Crippen molar-refractivity contribution in [2.75, 3.05) is 29.1 Å². The fraction of sp³-hybridized carbons (Fsp3) is 0.316. The van der Waals surface area contributed by atoms with Crippen molar-refractivity contribution < 1.29 is 22.7 Å². The first-order valence-corrected chi connectivity index (χ1v) is 11.3. The number of ether oxygens (including phenoxy) is 2. The molecule has 0 radical (unpaired) electrons. The van der Waals surface area contributed by atoms with Gasteiger partial charge in [-0.1, -0.05) is 15.9 Å². The van der Waals surface area contributed by atoms with E-state index in [0.717, 1.165) is 20.6 Å². The van der Waals surface area contributed by atoms with Crippen molar-refractivity contribution in [2.24, 2.45) is 0 Å². The molecule has 0 unspecified atom stereocenters. The zero-order valence-electron chi connectivity index (χ0n) is 15.7. The van der Waals surface area contributed by atoms with Crippen LogP contribution in [0.1, 0.15) is 12.5 Å². The van der Waals surface area contributed by atoms with E-state index in [9.17, 15) is 13.2 Å². The lowest BCUT2D eigenvalue weighted by atomic mass is 10.2. The zero-order chi connectivity index (χ0) is 20.5. The maximum Gasteiger partial charge on any atom is 0.247 e. The summed E-state index contributed by atoms with van der Waals surface area (Å²) in [6.45, 7) is 4.27. The molecule has 0 fully saturated rings. The third kappa shape index (κ3) is 4.41. The minimum atomic E-state index is -3.73. The summed E-state index contributed by atoms with van der Waals surface area (Å²) in [6.07, 6.45) is 1.07. The second kappa shape index (κ2) is 8.00. The Kier molecular flexibility index (Phi) is 5.85. The van der Waals surface area contributed by atoms with Gasteiger partial charge in [0.2, 0.25) is 15.9 Å². The molecular formula is C19H21BrN2O5S. The number of nitrogens with zero attached hydrogens (tertiary/aromatic N) is 1. The number of rotatable bonds is 5. The van der Waals surface area contributed by atoms with E-state index in [1.807, 2.05) is 19.1 Å². The minimum absolute atomic E-state index is 0.335. The van der Waals surface area contributed by atoms with Crippen LogP contribution in [0.15, 0.2) is 40.9 Å². The molecule has 0 saturated heterocycles. The first-order chi connectivity index (χ1) is 13.2. The molecule has 1 aliphatic rings. The van der Waals surface area contributed by atoms with E-state index >= 15 is 0 Å². The SMILES string of the molecule is Cc1cc(NC(=O)[C@H](C)N(c2ccc3c(c2)OCCO3)S(C)(=O)=O)ccc1Br. The number of anilines is 2. The van der Waals surface area contributed by atoms with Crippen LogP contribution in [-0.2, 0) is 14.8 Å². The van der Waals surface area contributed by atoms with Crippen molar-refractivity contribution in [1.29, 1.82) is 0 Å². The fourth-order valence-corrected chi connectivity index (χ4v) is 4.36. The van der Waals surface area contributed by atoms with Crippen LogP contribution in [0.25, 0.3) is 0 Å². The van der Waals surface area contributed by atoms with Gasteiger partial charge >= 0.3 is 0 Å². The maximum absolute atomic E-state index is 12.8. The lowest BCUT2D eigenvalue weighted by Crippen LogP contribution is -2.45. The first-order valence-electron chi connectivity index (χ1n) is 8.63. The second-order valence-corrected chi connectivity index (χ2v) is 9.23. The van der Waals surface area contributed by atoms with Crippen LogP contribution in [0.3, 0.4) is 0 Å². The van der Waals surface area contributed by atoms with Crippen LogP contribution in [0.5, 0.6) is 11.5 Å². The van der Waals surface area contributed by atoms with Gasteiger partial charge in [0, 0.05) is 16.2 Å². The van der Waals surface area contributed by atoms with Crippen molar-refractivity contribution >= 4 is 43.2 Å². The van der Waals surface area contributed by atoms with Gasteiger partial charge in [0.1, 0.15) is 19.3 Å². The summed E-state index contributed by atoms with van der Waals surface area (Å²) in [4.78, 5) is 12.8. The molecule has 2 aromatic rings. The fourth-order valence-electron chi connectivity index (χ4n) is 2.95. The Labute approximate surface area is 172 Å². The first kappa shape index (κ1) is 20.5.